The van der Waals surface area contributed by atoms with Crippen LogP contribution in [0.4, 0.5) is 0 Å². The second-order valence-electron chi connectivity index (χ2n) is 9.80. The Hall–Kier alpha value is -1.35. The highest BCUT2D eigenvalue weighted by molar-refractivity contribution is 5.67. The van der Waals surface area contributed by atoms with Crippen LogP contribution in [0.1, 0.15) is 65.2 Å². The summed E-state index contributed by atoms with van der Waals surface area (Å²) in [4.78, 5) is 4.47. The van der Waals surface area contributed by atoms with Gasteiger partial charge in [-0.2, -0.15) is 0 Å². The van der Waals surface area contributed by atoms with Crippen LogP contribution >= 0.6 is 0 Å². The smallest absolute Gasteiger partial charge is 0.221 e. The number of oxazole rings is 1. The Morgan fingerprint density at radius 1 is 1.15 bits per heavy atom. The number of aromatic nitrogens is 1. The zero-order valence-corrected chi connectivity index (χ0v) is 16.2. The van der Waals surface area contributed by atoms with Gasteiger partial charge in [-0.1, -0.05) is 38.5 Å². The number of aliphatic hydroxyl groups is 1. The van der Waals surface area contributed by atoms with E-state index in [0.29, 0.717) is 17.3 Å². The molecule has 0 bridgehead atoms. The molecule has 0 aliphatic heterocycles. The standard InChI is InChI=1S/C23H31NO2/c1-14-12-15-13-16(25)6-8-22(15,2)18-7-9-23(3)17(20(14)18)4-5-19(23)21-24-10-11-26-21/h5,10-12,14,16-18,20,25H,4,6-9,13H2,1-3H3/t14?,16-,17-,18-,20-,22-,23-/m0/s1. The summed E-state index contributed by atoms with van der Waals surface area (Å²) in [7, 11) is 0. The van der Waals surface area contributed by atoms with Crippen LogP contribution in [0, 0.1) is 34.5 Å². The topological polar surface area (TPSA) is 46.3 Å². The molecule has 1 unspecified atom stereocenters. The van der Waals surface area contributed by atoms with E-state index in [1.165, 1.54) is 18.4 Å². The van der Waals surface area contributed by atoms with Crippen molar-refractivity contribution in [2.45, 2.75) is 65.4 Å². The molecule has 7 atom stereocenters. The van der Waals surface area contributed by atoms with Crippen molar-refractivity contribution in [3.8, 4) is 0 Å². The minimum Gasteiger partial charge on any atom is -0.445 e. The lowest BCUT2D eigenvalue weighted by atomic mass is 9.45. The largest absolute Gasteiger partial charge is 0.445 e. The Morgan fingerprint density at radius 2 is 1.96 bits per heavy atom. The Bertz CT molecular complexity index is 763. The van der Waals surface area contributed by atoms with E-state index < -0.39 is 0 Å². The molecule has 0 radical (unpaired) electrons. The average molecular weight is 354 g/mol. The first-order valence-electron chi connectivity index (χ1n) is 10.4. The van der Waals surface area contributed by atoms with E-state index in [0.717, 1.165) is 43.4 Å². The van der Waals surface area contributed by atoms with Crippen molar-refractivity contribution in [3.05, 3.63) is 36.1 Å². The first-order valence-corrected chi connectivity index (χ1v) is 10.4. The van der Waals surface area contributed by atoms with Gasteiger partial charge in [0.1, 0.15) is 6.26 Å². The Balaban J connectivity index is 1.52. The fourth-order valence-electron chi connectivity index (χ4n) is 7.26. The molecular formula is C23H31NO2. The maximum Gasteiger partial charge on any atom is 0.221 e. The van der Waals surface area contributed by atoms with Gasteiger partial charge in [0.2, 0.25) is 5.89 Å². The summed E-state index contributed by atoms with van der Waals surface area (Å²) in [5, 5.41) is 10.2. The maximum absolute atomic E-state index is 10.2. The van der Waals surface area contributed by atoms with E-state index in [-0.39, 0.29) is 11.5 Å². The van der Waals surface area contributed by atoms with Gasteiger partial charge >= 0.3 is 0 Å². The fraction of sp³-hybridized carbons (Fsp3) is 0.696. The third kappa shape index (κ3) is 2.13. The number of hydrogen-bond acceptors (Lipinski definition) is 3. The van der Waals surface area contributed by atoms with Crippen molar-refractivity contribution in [2.75, 3.05) is 0 Å². The van der Waals surface area contributed by atoms with Gasteiger partial charge in [-0.05, 0) is 67.6 Å². The van der Waals surface area contributed by atoms with Crippen LogP contribution in [0.3, 0.4) is 0 Å². The highest BCUT2D eigenvalue weighted by atomic mass is 16.3. The third-order valence-corrected chi connectivity index (χ3v) is 8.65. The van der Waals surface area contributed by atoms with Gasteiger partial charge in [-0.15, -0.1) is 0 Å². The van der Waals surface area contributed by atoms with Gasteiger partial charge in [0.25, 0.3) is 0 Å². The number of hydrogen-bond donors (Lipinski definition) is 1. The third-order valence-electron chi connectivity index (χ3n) is 8.65. The normalized spacial score (nSPS) is 47.5. The molecule has 4 aliphatic carbocycles. The van der Waals surface area contributed by atoms with Crippen molar-refractivity contribution in [1.29, 1.82) is 0 Å². The molecule has 140 valence electrons. The molecule has 5 rings (SSSR count). The number of aliphatic hydroxyl groups excluding tert-OH is 1. The van der Waals surface area contributed by atoms with Crippen molar-refractivity contribution in [3.63, 3.8) is 0 Å². The van der Waals surface area contributed by atoms with Crippen molar-refractivity contribution in [1.82, 2.24) is 4.98 Å². The van der Waals surface area contributed by atoms with E-state index in [9.17, 15) is 5.11 Å². The van der Waals surface area contributed by atoms with Crippen LogP contribution in [0.2, 0.25) is 0 Å². The SMILES string of the molecule is CC1C=C2C[C@@H](O)CC[C@]2(C)[C@H]2CC[C@]3(C)C(c4ncco4)=CC[C@H]3[C@H]12. The van der Waals surface area contributed by atoms with Crippen LogP contribution in [-0.2, 0) is 0 Å². The average Bonchev–Trinajstić information content (AvgIpc) is 3.23. The molecule has 0 amide bonds. The molecule has 0 aromatic carbocycles. The number of allylic oxidation sites excluding steroid dienone is 3. The summed E-state index contributed by atoms with van der Waals surface area (Å²) in [5.74, 6) is 3.58. The minimum atomic E-state index is -0.128. The van der Waals surface area contributed by atoms with Gasteiger partial charge in [0.05, 0.1) is 12.3 Å². The van der Waals surface area contributed by atoms with Crippen LogP contribution in [0.5, 0.6) is 0 Å². The summed E-state index contributed by atoms with van der Waals surface area (Å²) in [6.45, 7) is 7.37. The van der Waals surface area contributed by atoms with Crippen LogP contribution in [0.15, 0.2) is 34.6 Å². The summed E-state index contributed by atoms with van der Waals surface area (Å²) in [6, 6.07) is 0. The quantitative estimate of drug-likeness (QED) is 0.703. The van der Waals surface area contributed by atoms with E-state index in [1.54, 1.807) is 18.0 Å². The van der Waals surface area contributed by atoms with E-state index in [4.69, 9.17) is 4.42 Å². The van der Waals surface area contributed by atoms with E-state index in [1.807, 2.05) is 0 Å². The van der Waals surface area contributed by atoms with Gasteiger partial charge in [-0.3, -0.25) is 0 Å². The van der Waals surface area contributed by atoms with Crippen LogP contribution < -0.4 is 0 Å². The second kappa shape index (κ2) is 5.58. The predicted molar refractivity (Wildman–Crippen MR) is 102 cm³/mol. The minimum absolute atomic E-state index is 0.128. The molecule has 3 heteroatoms. The van der Waals surface area contributed by atoms with Crippen molar-refractivity contribution in [2.24, 2.45) is 34.5 Å². The molecule has 1 heterocycles. The molecule has 26 heavy (non-hydrogen) atoms. The summed E-state index contributed by atoms with van der Waals surface area (Å²) in [6.07, 6.45) is 15.0. The predicted octanol–water partition coefficient (Wildman–Crippen LogP) is 5.24. The lowest BCUT2D eigenvalue weighted by Gasteiger charge is -2.59. The van der Waals surface area contributed by atoms with Crippen molar-refractivity contribution >= 4 is 5.57 Å². The molecule has 2 saturated carbocycles. The van der Waals surface area contributed by atoms with Gasteiger partial charge < -0.3 is 9.52 Å². The lowest BCUT2D eigenvalue weighted by Crippen LogP contribution is -2.52. The lowest BCUT2D eigenvalue weighted by molar-refractivity contribution is -0.0429. The number of rotatable bonds is 1. The molecule has 0 saturated heterocycles. The zero-order chi connectivity index (χ0) is 18.1. The number of fused-ring (bicyclic) bond motifs is 5. The Kier molecular flexibility index (Phi) is 3.60. The maximum atomic E-state index is 10.2. The van der Waals surface area contributed by atoms with Gasteiger partial charge in [0.15, 0.2) is 0 Å². The fourth-order valence-corrected chi connectivity index (χ4v) is 7.26. The molecule has 4 aliphatic rings. The first kappa shape index (κ1) is 16.8. The zero-order valence-electron chi connectivity index (χ0n) is 16.2. The van der Waals surface area contributed by atoms with Gasteiger partial charge in [-0.25, -0.2) is 4.98 Å². The molecule has 1 aromatic rings. The van der Waals surface area contributed by atoms with Crippen LogP contribution in [-0.4, -0.2) is 16.2 Å². The molecular weight excluding hydrogens is 322 g/mol. The highest BCUT2D eigenvalue weighted by Gasteiger charge is 2.58. The highest BCUT2D eigenvalue weighted by Crippen LogP contribution is 2.67. The van der Waals surface area contributed by atoms with Gasteiger partial charge in [0, 0.05) is 11.0 Å². The molecule has 2 fully saturated rings. The summed E-state index contributed by atoms with van der Waals surface area (Å²) in [5.41, 5.74) is 3.38. The monoisotopic (exact) mass is 353 g/mol. The Morgan fingerprint density at radius 3 is 2.73 bits per heavy atom. The van der Waals surface area contributed by atoms with E-state index in [2.05, 4.69) is 37.9 Å². The van der Waals surface area contributed by atoms with Crippen molar-refractivity contribution < 1.29 is 9.52 Å². The Labute approximate surface area is 156 Å². The molecule has 3 nitrogen and oxygen atoms in total. The summed E-state index contributed by atoms with van der Waals surface area (Å²) >= 11 is 0. The second-order valence-corrected chi connectivity index (χ2v) is 9.80. The van der Waals surface area contributed by atoms with E-state index >= 15 is 0 Å². The molecule has 1 N–H and O–H groups in total. The summed E-state index contributed by atoms with van der Waals surface area (Å²) < 4.78 is 5.69. The number of nitrogens with zero attached hydrogens (tertiary/aromatic N) is 1. The molecule has 0 spiro atoms. The molecule has 1 aromatic heterocycles. The first-order chi connectivity index (χ1) is 12.4. The van der Waals surface area contributed by atoms with Crippen LogP contribution in [0.25, 0.3) is 5.57 Å².